The van der Waals surface area contributed by atoms with Crippen LogP contribution in [-0.4, -0.2) is 27.2 Å². The van der Waals surface area contributed by atoms with Crippen LogP contribution in [0, 0.1) is 19.7 Å². The molecule has 1 unspecified atom stereocenters. The lowest BCUT2D eigenvalue weighted by Gasteiger charge is -2.29. The molecule has 1 saturated heterocycles. The zero-order valence-electron chi connectivity index (χ0n) is 14.7. The standard InChI is InChI=1S/C20H20FN3O2/c1-12-8-14(10-15(21)9-12)18-4-3-6-23(18)17-5-7-24-19(13(17)2)16(11-22-24)20(25)26/h5,7-11,18H,3-4,6H2,1-2H3,(H,25,26). The van der Waals surface area contributed by atoms with Crippen molar-refractivity contribution in [2.45, 2.75) is 32.7 Å². The van der Waals surface area contributed by atoms with Gasteiger partial charge in [-0.15, -0.1) is 0 Å². The minimum atomic E-state index is -0.987. The summed E-state index contributed by atoms with van der Waals surface area (Å²) in [4.78, 5) is 13.8. The number of pyridine rings is 1. The highest BCUT2D eigenvalue weighted by molar-refractivity contribution is 5.97. The number of hydrogen-bond acceptors (Lipinski definition) is 3. The van der Waals surface area contributed by atoms with Crippen LogP contribution < -0.4 is 4.90 Å². The maximum absolute atomic E-state index is 13.9. The summed E-state index contributed by atoms with van der Waals surface area (Å²) in [7, 11) is 0. The first kappa shape index (κ1) is 16.6. The second kappa shape index (κ2) is 6.12. The highest BCUT2D eigenvalue weighted by Gasteiger charge is 2.29. The van der Waals surface area contributed by atoms with Crippen molar-refractivity contribution in [1.29, 1.82) is 0 Å². The van der Waals surface area contributed by atoms with E-state index in [4.69, 9.17) is 0 Å². The SMILES string of the molecule is Cc1cc(F)cc(C2CCCN2c2ccn3ncc(C(=O)O)c3c2C)c1. The van der Waals surface area contributed by atoms with E-state index >= 15 is 0 Å². The second-order valence-corrected chi connectivity index (χ2v) is 6.90. The van der Waals surface area contributed by atoms with Crippen LogP contribution >= 0.6 is 0 Å². The summed E-state index contributed by atoms with van der Waals surface area (Å²) >= 11 is 0. The molecule has 1 aromatic carbocycles. The Morgan fingerprint density at radius 2 is 2.12 bits per heavy atom. The number of aromatic nitrogens is 2. The van der Waals surface area contributed by atoms with E-state index in [0.717, 1.165) is 41.8 Å². The van der Waals surface area contributed by atoms with E-state index in [1.54, 1.807) is 16.8 Å². The molecule has 2 aromatic heterocycles. The summed E-state index contributed by atoms with van der Waals surface area (Å²) in [6.45, 7) is 4.67. The molecule has 134 valence electrons. The first-order valence-corrected chi connectivity index (χ1v) is 8.69. The Hall–Kier alpha value is -2.89. The molecule has 1 fully saturated rings. The molecule has 0 spiro atoms. The molecule has 0 bridgehead atoms. The zero-order valence-corrected chi connectivity index (χ0v) is 14.7. The lowest BCUT2D eigenvalue weighted by Crippen LogP contribution is -2.24. The van der Waals surface area contributed by atoms with Crippen molar-refractivity contribution in [3.05, 3.63) is 64.7 Å². The Labute approximate surface area is 150 Å². The van der Waals surface area contributed by atoms with E-state index in [1.165, 1.54) is 12.3 Å². The van der Waals surface area contributed by atoms with Gasteiger partial charge >= 0.3 is 5.97 Å². The van der Waals surface area contributed by atoms with Crippen molar-refractivity contribution in [3.63, 3.8) is 0 Å². The van der Waals surface area contributed by atoms with Gasteiger partial charge in [-0.1, -0.05) is 6.07 Å². The van der Waals surface area contributed by atoms with Gasteiger partial charge in [-0.3, -0.25) is 0 Å². The summed E-state index contributed by atoms with van der Waals surface area (Å²) in [6.07, 6.45) is 5.12. The average Bonchev–Trinajstić information content (AvgIpc) is 3.21. The van der Waals surface area contributed by atoms with Crippen molar-refractivity contribution in [2.24, 2.45) is 0 Å². The van der Waals surface area contributed by atoms with E-state index < -0.39 is 5.97 Å². The Morgan fingerprint density at radius 1 is 1.31 bits per heavy atom. The molecule has 0 saturated carbocycles. The fourth-order valence-electron chi connectivity index (χ4n) is 4.06. The Kier molecular flexibility index (Phi) is 3.90. The highest BCUT2D eigenvalue weighted by Crippen LogP contribution is 2.39. The first-order chi connectivity index (χ1) is 12.5. The van der Waals surface area contributed by atoms with Gasteiger partial charge in [0.15, 0.2) is 0 Å². The number of rotatable bonds is 3. The minimum absolute atomic E-state index is 0.0850. The lowest BCUT2D eigenvalue weighted by atomic mass is 10.0. The predicted molar refractivity (Wildman–Crippen MR) is 97.3 cm³/mol. The number of carbonyl (C=O) groups is 1. The molecule has 6 heteroatoms. The molecule has 1 aliphatic heterocycles. The van der Waals surface area contributed by atoms with Crippen molar-refractivity contribution in [2.75, 3.05) is 11.4 Å². The summed E-state index contributed by atoms with van der Waals surface area (Å²) < 4.78 is 15.5. The maximum Gasteiger partial charge on any atom is 0.339 e. The number of carboxylic acid groups (broad SMARTS) is 1. The monoisotopic (exact) mass is 353 g/mol. The van der Waals surface area contributed by atoms with Crippen LogP contribution in [0.5, 0.6) is 0 Å². The molecule has 3 aromatic rings. The molecule has 26 heavy (non-hydrogen) atoms. The molecule has 0 radical (unpaired) electrons. The number of hydrogen-bond donors (Lipinski definition) is 1. The highest BCUT2D eigenvalue weighted by atomic mass is 19.1. The number of carboxylic acids is 1. The largest absolute Gasteiger partial charge is 0.478 e. The lowest BCUT2D eigenvalue weighted by molar-refractivity contribution is 0.0699. The van der Waals surface area contributed by atoms with Gasteiger partial charge in [0.1, 0.15) is 11.4 Å². The number of benzene rings is 1. The van der Waals surface area contributed by atoms with Gasteiger partial charge in [0, 0.05) is 18.4 Å². The maximum atomic E-state index is 13.9. The number of halogens is 1. The quantitative estimate of drug-likeness (QED) is 0.769. The van der Waals surface area contributed by atoms with Crippen LogP contribution in [0.2, 0.25) is 0 Å². The molecule has 0 amide bonds. The Morgan fingerprint density at radius 3 is 2.85 bits per heavy atom. The first-order valence-electron chi connectivity index (χ1n) is 8.69. The molecule has 5 nitrogen and oxygen atoms in total. The number of fused-ring (bicyclic) bond motifs is 1. The van der Waals surface area contributed by atoms with Gasteiger partial charge in [-0.2, -0.15) is 5.10 Å². The van der Waals surface area contributed by atoms with Crippen LogP contribution in [-0.2, 0) is 0 Å². The van der Waals surface area contributed by atoms with E-state index in [2.05, 4.69) is 10.00 Å². The van der Waals surface area contributed by atoms with Crippen LogP contribution in [0.4, 0.5) is 10.1 Å². The number of nitrogens with zero attached hydrogens (tertiary/aromatic N) is 3. The molecule has 0 aliphatic carbocycles. The van der Waals surface area contributed by atoms with Gasteiger partial charge in [0.05, 0.1) is 17.8 Å². The fourth-order valence-corrected chi connectivity index (χ4v) is 4.06. The summed E-state index contributed by atoms with van der Waals surface area (Å²) in [5.74, 6) is -1.21. The van der Waals surface area contributed by atoms with Gasteiger partial charge in [0.2, 0.25) is 0 Å². The van der Waals surface area contributed by atoms with Gasteiger partial charge in [-0.05, 0) is 61.6 Å². The molecular formula is C20H20FN3O2. The minimum Gasteiger partial charge on any atom is -0.478 e. The van der Waals surface area contributed by atoms with Crippen molar-refractivity contribution in [1.82, 2.24) is 9.61 Å². The van der Waals surface area contributed by atoms with Crippen LogP contribution in [0.3, 0.4) is 0 Å². The third-order valence-corrected chi connectivity index (χ3v) is 5.15. The molecule has 3 heterocycles. The van der Waals surface area contributed by atoms with Crippen molar-refractivity contribution >= 4 is 17.2 Å². The molecular weight excluding hydrogens is 333 g/mol. The summed E-state index contributed by atoms with van der Waals surface area (Å²) in [5.41, 5.74) is 4.53. The fraction of sp³-hybridized carbons (Fsp3) is 0.300. The summed E-state index contributed by atoms with van der Waals surface area (Å²) in [6, 6.07) is 7.21. The summed E-state index contributed by atoms with van der Waals surface area (Å²) in [5, 5.41) is 13.6. The molecule has 1 N–H and O–H groups in total. The Bertz CT molecular complexity index is 991. The van der Waals surface area contributed by atoms with Crippen LogP contribution in [0.15, 0.2) is 36.7 Å². The van der Waals surface area contributed by atoms with E-state index in [1.807, 2.05) is 26.0 Å². The van der Waals surface area contributed by atoms with Crippen LogP contribution in [0.1, 0.15) is 45.9 Å². The smallest absolute Gasteiger partial charge is 0.339 e. The number of aromatic carboxylic acids is 1. The van der Waals surface area contributed by atoms with Crippen molar-refractivity contribution in [3.8, 4) is 0 Å². The van der Waals surface area contributed by atoms with Crippen molar-refractivity contribution < 1.29 is 14.3 Å². The third kappa shape index (κ3) is 2.62. The zero-order chi connectivity index (χ0) is 18.4. The molecule has 1 atom stereocenters. The third-order valence-electron chi connectivity index (χ3n) is 5.15. The number of anilines is 1. The van der Waals surface area contributed by atoms with Gasteiger partial charge in [0.25, 0.3) is 0 Å². The van der Waals surface area contributed by atoms with E-state index in [0.29, 0.717) is 5.52 Å². The molecule has 4 rings (SSSR count). The average molecular weight is 353 g/mol. The van der Waals surface area contributed by atoms with E-state index in [9.17, 15) is 14.3 Å². The Balaban J connectivity index is 1.82. The van der Waals surface area contributed by atoms with Crippen LogP contribution in [0.25, 0.3) is 5.52 Å². The van der Waals surface area contributed by atoms with E-state index in [-0.39, 0.29) is 17.4 Å². The number of aryl methyl sites for hydroxylation is 2. The topological polar surface area (TPSA) is 57.8 Å². The normalized spacial score (nSPS) is 17.2. The van der Waals surface area contributed by atoms with Gasteiger partial charge in [-0.25, -0.2) is 13.7 Å². The predicted octanol–water partition coefficient (Wildman–Crippen LogP) is 4.13. The van der Waals surface area contributed by atoms with Gasteiger partial charge < -0.3 is 10.0 Å². The second-order valence-electron chi connectivity index (χ2n) is 6.90. The molecule has 1 aliphatic rings.